The van der Waals surface area contributed by atoms with E-state index >= 15 is 0 Å². The van der Waals surface area contributed by atoms with Gasteiger partial charge in [0.1, 0.15) is 0 Å². The highest BCUT2D eigenvalue weighted by Crippen LogP contribution is 2.26. The Bertz CT molecular complexity index is 723. The molecule has 25 heavy (non-hydrogen) atoms. The van der Waals surface area contributed by atoms with Gasteiger partial charge in [0.2, 0.25) is 11.8 Å². The number of carbonyl (C=O) groups is 1. The van der Waals surface area contributed by atoms with Crippen LogP contribution >= 0.6 is 11.8 Å². The molecule has 1 aromatic heterocycles. The Morgan fingerprint density at radius 3 is 3.08 bits per heavy atom. The van der Waals surface area contributed by atoms with Crippen LogP contribution in [0.2, 0.25) is 0 Å². The normalized spacial score (nSPS) is 16.4. The Morgan fingerprint density at radius 1 is 1.40 bits per heavy atom. The van der Waals surface area contributed by atoms with E-state index in [0.717, 1.165) is 30.1 Å². The average molecular weight is 360 g/mol. The molecule has 132 valence electrons. The van der Waals surface area contributed by atoms with Crippen molar-refractivity contribution in [1.29, 1.82) is 0 Å². The standard InChI is InChI=1S/C17H20N4O3S/c1-23-15-8-9-18-17(19-15)21-20-16(22)13-6-2-3-7-14(13)25-11-12-5-4-10-24-12/h2-3,6-9,12H,4-5,10-11H2,1H3,(H,20,22)(H,18,19,21). The van der Waals surface area contributed by atoms with Gasteiger partial charge in [-0.05, 0) is 25.0 Å². The number of anilines is 1. The van der Waals surface area contributed by atoms with E-state index < -0.39 is 0 Å². The lowest BCUT2D eigenvalue weighted by Crippen LogP contribution is -2.30. The molecule has 1 saturated heterocycles. The molecule has 0 saturated carbocycles. The van der Waals surface area contributed by atoms with E-state index in [4.69, 9.17) is 9.47 Å². The third-order valence-corrected chi connectivity index (χ3v) is 4.91. The van der Waals surface area contributed by atoms with Crippen molar-refractivity contribution < 1.29 is 14.3 Å². The summed E-state index contributed by atoms with van der Waals surface area (Å²) in [5, 5.41) is 0. The summed E-state index contributed by atoms with van der Waals surface area (Å²) in [4.78, 5) is 21.5. The molecular formula is C17H20N4O3S. The summed E-state index contributed by atoms with van der Waals surface area (Å²) in [6, 6.07) is 9.13. The molecule has 1 aliphatic heterocycles. The Balaban J connectivity index is 1.61. The zero-order valence-electron chi connectivity index (χ0n) is 13.9. The van der Waals surface area contributed by atoms with E-state index in [1.165, 1.54) is 7.11 Å². The largest absolute Gasteiger partial charge is 0.481 e. The van der Waals surface area contributed by atoms with Crippen molar-refractivity contribution in [2.24, 2.45) is 0 Å². The van der Waals surface area contributed by atoms with Crippen molar-refractivity contribution in [1.82, 2.24) is 15.4 Å². The molecule has 0 spiro atoms. The Hall–Kier alpha value is -2.32. The minimum Gasteiger partial charge on any atom is -0.481 e. The SMILES string of the molecule is COc1ccnc(NNC(=O)c2ccccc2SCC2CCCO2)n1. The lowest BCUT2D eigenvalue weighted by atomic mass is 10.2. The van der Waals surface area contributed by atoms with Crippen LogP contribution in [0.5, 0.6) is 5.88 Å². The number of nitrogens with one attached hydrogen (secondary N) is 2. The zero-order valence-corrected chi connectivity index (χ0v) is 14.7. The summed E-state index contributed by atoms with van der Waals surface area (Å²) in [5.74, 6) is 1.27. The fraction of sp³-hybridized carbons (Fsp3) is 0.353. The molecule has 1 atom stereocenters. The van der Waals surface area contributed by atoms with E-state index in [0.29, 0.717) is 11.4 Å². The Kier molecular flexibility index (Phi) is 6.08. The van der Waals surface area contributed by atoms with Crippen LogP contribution in [-0.2, 0) is 4.74 Å². The number of hydrogen-bond donors (Lipinski definition) is 2. The second-order valence-corrected chi connectivity index (χ2v) is 6.51. The first-order chi connectivity index (χ1) is 12.3. The van der Waals surface area contributed by atoms with Crippen LogP contribution in [0.15, 0.2) is 41.4 Å². The molecule has 1 fully saturated rings. The van der Waals surface area contributed by atoms with Gasteiger partial charge < -0.3 is 9.47 Å². The van der Waals surface area contributed by atoms with E-state index in [-0.39, 0.29) is 18.0 Å². The molecule has 0 aliphatic carbocycles. The summed E-state index contributed by atoms with van der Waals surface area (Å²) in [6.07, 6.45) is 4.00. The topological polar surface area (TPSA) is 85.4 Å². The Morgan fingerprint density at radius 2 is 2.28 bits per heavy atom. The van der Waals surface area contributed by atoms with E-state index in [2.05, 4.69) is 20.8 Å². The fourth-order valence-corrected chi connectivity index (χ4v) is 3.55. The fourth-order valence-electron chi connectivity index (χ4n) is 2.43. The highest BCUT2D eigenvalue weighted by molar-refractivity contribution is 7.99. The summed E-state index contributed by atoms with van der Waals surface area (Å²) >= 11 is 1.64. The van der Waals surface area contributed by atoms with Crippen LogP contribution < -0.4 is 15.6 Å². The number of benzene rings is 1. The number of ether oxygens (including phenoxy) is 2. The minimum atomic E-state index is -0.248. The van der Waals surface area contributed by atoms with Gasteiger partial charge in [-0.15, -0.1) is 11.8 Å². The van der Waals surface area contributed by atoms with Crippen LogP contribution in [0.1, 0.15) is 23.2 Å². The van der Waals surface area contributed by atoms with Crippen LogP contribution in [0, 0.1) is 0 Å². The first kappa shape index (κ1) is 17.5. The van der Waals surface area contributed by atoms with Crippen molar-refractivity contribution in [3.05, 3.63) is 42.1 Å². The molecule has 2 N–H and O–H groups in total. The zero-order chi connectivity index (χ0) is 17.5. The number of nitrogens with zero attached hydrogens (tertiary/aromatic N) is 2. The van der Waals surface area contributed by atoms with Gasteiger partial charge in [-0.25, -0.2) is 4.98 Å². The number of hydrogen-bond acceptors (Lipinski definition) is 7. The van der Waals surface area contributed by atoms with Gasteiger partial charge >= 0.3 is 0 Å². The summed E-state index contributed by atoms with van der Waals surface area (Å²) in [5.41, 5.74) is 5.93. The van der Waals surface area contributed by atoms with Crippen molar-refractivity contribution >= 4 is 23.6 Å². The van der Waals surface area contributed by atoms with Crippen molar-refractivity contribution in [2.45, 2.75) is 23.8 Å². The van der Waals surface area contributed by atoms with Gasteiger partial charge in [0, 0.05) is 29.5 Å². The molecule has 1 aliphatic rings. The number of thioether (sulfide) groups is 1. The van der Waals surface area contributed by atoms with Crippen LogP contribution in [0.3, 0.4) is 0 Å². The Labute approximate surface area is 150 Å². The van der Waals surface area contributed by atoms with Crippen LogP contribution in [0.4, 0.5) is 5.95 Å². The molecule has 0 radical (unpaired) electrons. The average Bonchev–Trinajstić information content (AvgIpc) is 3.18. The molecule has 1 aromatic carbocycles. The third kappa shape index (κ3) is 4.83. The second-order valence-electron chi connectivity index (χ2n) is 5.44. The first-order valence-electron chi connectivity index (χ1n) is 8.03. The lowest BCUT2D eigenvalue weighted by molar-refractivity contribution is 0.0959. The van der Waals surface area contributed by atoms with E-state index in [1.54, 1.807) is 30.1 Å². The van der Waals surface area contributed by atoms with Gasteiger partial charge in [0.25, 0.3) is 5.91 Å². The predicted molar refractivity (Wildman–Crippen MR) is 95.8 cm³/mol. The molecule has 8 heteroatoms. The summed E-state index contributed by atoms with van der Waals surface area (Å²) in [6.45, 7) is 0.831. The van der Waals surface area contributed by atoms with Crippen LogP contribution in [0.25, 0.3) is 0 Å². The number of hydrazine groups is 1. The first-order valence-corrected chi connectivity index (χ1v) is 9.01. The smallest absolute Gasteiger partial charge is 0.270 e. The van der Waals surface area contributed by atoms with Crippen molar-refractivity contribution in [3.8, 4) is 5.88 Å². The second kappa shape index (κ2) is 8.68. The van der Waals surface area contributed by atoms with E-state index in [1.807, 2.05) is 18.2 Å². The summed E-state index contributed by atoms with van der Waals surface area (Å²) in [7, 11) is 1.52. The van der Waals surface area contributed by atoms with Gasteiger partial charge in [0.15, 0.2) is 0 Å². The summed E-state index contributed by atoms with van der Waals surface area (Å²) < 4.78 is 10.7. The lowest BCUT2D eigenvalue weighted by Gasteiger charge is -2.13. The monoisotopic (exact) mass is 360 g/mol. The third-order valence-electron chi connectivity index (χ3n) is 3.71. The molecule has 3 rings (SSSR count). The minimum absolute atomic E-state index is 0.248. The molecule has 1 unspecified atom stereocenters. The maximum Gasteiger partial charge on any atom is 0.270 e. The van der Waals surface area contributed by atoms with Gasteiger partial charge in [-0.2, -0.15) is 4.98 Å². The molecule has 1 amide bonds. The predicted octanol–water partition coefficient (Wildman–Crippen LogP) is 2.51. The number of amides is 1. The molecular weight excluding hydrogens is 340 g/mol. The maximum atomic E-state index is 12.5. The molecule has 2 aromatic rings. The van der Waals surface area contributed by atoms with Crippen molar-refractivity contribution in [3.63, 3.8) is 0 Å². The number of carbonyl (C=O) groups excluding carboxylic acids is 1. The highest BCUT2D eigenvalue weighted by Gasteiger charge is 2.18. The number of rotatable bonds is 7. The number of aromatic nitrogens is 2. The van der Waals surface area contributed by atoms with Crippen LogP contribution in [-0.4, -0.2) is 41.4 Å². The quantitative estimate of drug-likeness (QED) is 0.580. The number of methoxy groups -OCH3 is 1. The molecule has 0 bridgehead atoms. The van der Waals surface area contributed by atoms with Crippen molar-refractivity contribution in [2.75, 3.05) is 24.9 Å². The molecule has 7 nitrogen and oxygen atoms in total. The van der Waals surface area contributed by atoms with Gasteiger partial charge in [-0.3, -0.25) is 15.6 Å². The van der Waals surface area contributed by atoms with Gasteiger partial charge in [-0.1, -0.05) is 12.1 Å². The van der Waals surface area contributed by atoms with Gasteiger partial charge in [0.05, 0.1) is 18.8 Å². The molecule has 2 heterocycles. The maximum absolute atomic E-state index is 12.5. The van der Waals surface area contributed by atoms with E-state index in [9.17, 15) is 4.79 Å². The highest BCUT2D eigenvalue weighted by atomic mass is 32.2.